The minimum Gasteiger partial charge on any atom is -0.390 e. The average molecular weight is 371 g/mol. The first-order valence-electron chi connectivity index (χ1n) is 11.9. The predicted octanol–water partition coefficient (Wildman–Crippen LogP) is 7.41. The summed E-state index contributed by atoms with van der Waals surface area (Å²) in [4.78, 5) is 0. The molecule has 0 aliphatic heterocycles. The molecule has 0 amide bonds. The molecule has 0 aliphatic rings. The highest BCUT2D eigenvalue weighted by Gasteiger charge is 2.36. The third-order valence-electron chi connectivity index (χ3n) is 6.13. The van der Waals surface area contributed by atoms with Crippen LogP contribution in [-0.2, 0) is 0 Å². The molecule has 0 spiro atoms. The Morgan fingerprint density at radius 3 is 1.54 bits per heavy atom. The van der Waals surface area contributed by atoms with Crippen molar-refractivity contribution in [3.63, 3.8) is 0 Å². The van der Waals surface area contributed by atoms with Gasteiger partial charge >= 0.3 is 0 Å². The van der Waals surface area contributed by atoms with Gasteiger partial charge in [0.25, 0.3) is 0 Å². The second kappa shape index (κ2) is 17.0. The Labute approximate surface area is 165 Å². The molecule has 0 bridgehead atoms. The van der Waals surface area contributed by atoms with Crippen molar-refractivity contribution in [1.82, 2.24) is 0 Å². The van der Waals surface area contributed by atoms with E-state index in [2.05, 4.69) is 27.7 Å². The van der Waals surface area contributed by atoms with Gasteiger partial charge in [0.05, 0.1) is 12.2 Å². The van der Waals surface area contributed by atoms with Crippen LogP contribution in [0.25, 0.3) is 0 Å². The number of unbranched alkanes of at least 4 members (excludes halogenated alkanes) is 11. The maximum Gasteiger partial charge on any atom is 0.0852 e. The molecule has 0 aromatic carbocycles. The Bertz CT molecular complexity index is 292. The van der Waals surface area contributed by atoms with Gasteiger partial charge in [0, 0.05) is 0 Å². The van der Waals surface area contributed by atoms with Crippen molar-refractivity contribution in [1.29, 1.82) is 0 Å². The number of aliphatic hydroxyl groups excluding tert-OH is 2. The zero-order valence-corrected chi connectivity index (χ0v) is 18.6. The van der Waals surface area contributed by atoms with E-state index < -0.39 is 12.2 Å². The zero-order valence-electron chi connectivity index (χ0n) is 18.6. The highest BCUT2D eigenvalue weighted by Crippen LogP contribution is 2.37. The van der Waals surface area contributed by atoms with Gasteiger partial charge in [-0.15, -0.1) is 0 Å². The first-order valence-corrected chi connectivity index (χ1v) is 11.9. The Morgan fingerprint density at radius 2 is 1.00 bits per heavy atom. The van der Waals surface area contributed by atoms with Crippen LogP contribution in [0.4, 0.5) is 0 Å². The molecule has 2 N–H and O–H groups in total. The van der Waals surface area contributed by atoms with E-state index in [1.807, 2.05) is 0 Å². The Balaban J connectivity index is 4.17. The fraction of sp³-hybridized carbons (Fsp3) is 1.00. The molecule has 0 saturated carbocycles. The van der Waals surface area contributed by atoms with Crippen molar-refractivity contribution in [2.45, 2.75) is 149 Å². The zero-order chi connectivity index (χ0) is 19.7. The maximum absolute atomic E-state index is 10.9. The highest BCUT2D eigenvalue weighted by atomic mass is 16.3. The van der Waals surface area contributed by atoms with E-state index in [9.17, 15) is 10.2 Å². The molecule has 2 nitrogen and oxygen atoms in total. The van der Waals surface area contributed by atoms with Gasteiger partial charge in [-0.25, -0.2) is 0 Å². The normalized spacial score (nSPS) is 16.4. The van der Waals surface area contributed by atoms with Gasteiger partial charge in [-0.05, 0) is 24.7 Å². The molecular weight excluding hydrogens is 320 g/mol. The maximum atomic E-state index is 10.9. The van der Waals surface area contributed by atoms with Crippen LogP contribution in [0.1, 0.15) is 137 Å². The second-order valence-electron chi connectivity index (χ2n) is 8.84. The van der Waals surface area contributed by atoms with Crippen molar-refractivity contribution in [2.24, 2.45) is 5.41 Å². The molecule has 0 heterocycles. The lowest BCUT2D eigenvalue weighted by Gasteiger charge is -2.37. The lowest BCUT2D eigenvalue weighted by molar-refractivity contribution is -0.0707. The first-order chi connectivity index (χ1) is 12.5. The van der Waals surface area contributed by atoms with Gasteiger partial charge in [-0.1, -0.05) is 118 Å². The van der Waals surface area contributed by atoms with Gasteiger partial charge in [-0.2, -0.15) is 0 Å². The summed E-state index contributed by atoms with van der Waals surface area (Å²) in [5.41, 5.74) is -0.122. The molecule has 0 aromatic rings. The molecule has 0 aliphatic carbocycles. The van der Waals surface area contributed by atoms with Crippen LogP contribution in [0, 0.1) is 5.41 Å². The third kappa shape index (κ3) is 12.3. The summed E-state index contributed by atoms with van der Waals surface area (Å²) < 4.78 is 0. The molecule has 0 aromatic heterocycles. The summed E-state index contributed by atoms with van der Waals surface area (Å²) in [7, 11) is 0. The fourth-order valence-corrected chi connectivity index (χ4v) is 4.07. The lowest BCUT2D eigenvalue weighted by Crippen LogP contribution is -2.41. The molecule has 0 fully saturated rings. The van der Waals surface area contributed by atoms with E-state index in [1.54, 1.807) is 0 Å². The molecule has 2 heteroatoms. The predicted molar refractivity (Wildman–Crippen MR) is 116 cm³/mol. The van der Waals surface area contributed by atoms with Crippen LogP contribution >= 0.6 is 0 Å². The summed E-state index contributed by atoms with van der Waals surface area (Å²) in [6, 6.07) is 0. The van der Waals surface area contributed by atoms with E-state index in [0.717, 1.165) is 38.5 Å². The molecular formula is C24H50O2. The lowest BCUT2D eigenvalue weighted by atomic mass is 9.73. The van der Waals surface area contributed by atoms with Crippen molar-refractivity contribution in [3.8, 4) is 0 Å². The minimum atomic E-state index is -0.569. The van der Waals surface area contributed by atoms with Crippen LogP contribution in [0.5, 0.6) is 0 Å². The highest BCUT2D eigenvalue weighted by molar-refractivity contribution is 4.87. The number of rotatable bonds is 19. The van der Waals surface area contributed by atoms with Crippen LogP contribution in [0.3, 0.4) is 0 Å². The first kappa shape index (κ1) is 25.9. The van der Waals surface area contributed by atoms with Gasteiger partial charge in [-0.3, -0.25) is 0 Å². The van der Waals surface area contributed by atoms with E-state index in [-0.39, 0.29) is 5.41 Å². The monoisotopic (exact) mass is 370 g/mol. The van der Waals surface area contributed by atoms with Gasteiger partial charge in [0.2, 0.25) is 0 Å². The summed E-state index contributed by atoms with van der Waals surface area (Å²) in [6.07, 6.45) is 19.2. The van der Waals surface area contributed by atoms with Crippen LogP contribution in [0.15, 0.2) is 0 Å². The molecule has 0 saturated heterocycles. The topological polar surface area (TPSA) is 40.5 Å². The van der Waals surface area contributed by atoms with Crippen molar-refractivity contribution >= 4 is 0 Å². The number of aliphatic hydroxyl groups is 2. The quantitative estimate of drug-likeness (QED) is 0.232. The van der Waals surface area contributed by atoms with Gasteiger partial charge in [0.15, 0.2) is 0 Å². The summed E-state index contributed by atoms with van der Waals surface area (Å²) in [5.74, 6) is 0. The SMILES string of the molecule is CCCCCCCCCCC(O)C(O)C(C)(CCCC)CCCCCC. The minimum absolute atomic E-state index is 0.122. The smallest absolute Gasteiger partial charge is 0.0852 e. The van der Waals surface area contributed by atoms with E-state index in [0.29, 0.717) is 0 Å². The molecule has 158 valence electrons. The Hall–Kier alpha value is -0.0800. The summed E-state index contributed by atoms with van der Waals surface area (Å²) in [6.45, 7) is 8.90. The molecule has 3 atom stereocenters. The fourth-order valence-electron chi connectivity index (χ4n) is 4.07. The van der Waals surface area contributed by atoms with Crippen molar-refractivity contribution in [2.75, 3.05) is 0 Å². The van der Waals surface area contributed by atoms with E-state index in [1.165, 1.54) is 70.6 Å². The summed E-state index contributed by atoms with van der Waals surface area (Å²) in [5, 5.41) is 21.4. The summed E-state index contributed by atoms with van der Waals surface area (Å²) >= 11 is 0. The molecule has 0 radical (unpaired) electrons. The Morgan fingerprint density at radius 1 is 0.577 bits per heavy atom. The van der Waals surface area contributed by atoms with Crippen LogP contribution in [0.2, 0.25) is 0 Å². The van der Waals surface area contributed by atoms with Crippen molar-refractivity contribution < 1.29 is 10.2 Å². The molecule has 3 unspecified atom stereocenters. The van der Waals surface area contributed by atoms with E-state index >= 15 is 0 Å². The van der Waals surface area contributed by atoms with Crippen molar-refractivity contribution in [3.05, 3.63) is 0 Å². The van der Waals surface area contributed by atoms with E-state index in [4.69, 9.17) is 0 Å². The Kier molecular flexibility index (Phi) is 17.0. The van der Waals surface area contributed by atoms with Crippen LogP contribution < -0.4 is 0 Å². The average Bonchev–Trinajstić information content (AvgIpc) is 2.65. The standard InChI is InChI=1S/C24H50O2/c1-5-8-11-13-14-15-16-17-19-22(25)23(26)24(4,20-10-7-3)21-18-12-9-6-2/h22-23,25-26H,5-21H2,1-4H3. The largest absolute Gasteiger partial charge is 0.390 e. The van der Waals surface area contributed by atoms with Crippen LogP contribution in [-0.4, -0.2) is 22.4 Å². The molecule has 26 heavy (non-hydrogen) atoms. The van der Waals surface area contributed by atoms with Gasteiger partial charge < -0.3 is 10.2 Å². The number of hydrogen-bond donors (Lipinski definition) is 2. The third-order valence-corrected chi connectivity index (χ3v) is 6.13. The van der Waals surface area contributed by atoms with Gasteiger partial charge in [0.1, 0.15) is 0 Å². The number of hydrogen-bond acceptors (Lipinski definition) is 2. The second-order valence-corrected chi connectivity index (χ2v) is 8.84. The molecule has 0 rings (SSSR count).